The van der Waals surface area contributed by atoms with E-state index in [1.807, 2.05) is 0 Å². The summed E-state index contributed by atoms with van der Waals surface area (Å²) in [4.78, 5) is 0. The van der Waals surface area contributed by atoms with Crippen molar-refractivity contribution < 1.29 is 0 Å². The van der Waals surface area contributed by atoms with Gasteiger partial charge in [-0.2, -0.15) is 0 Å². The SMILES string of the molecule is CCC(C)[Si](C)(C(C)CC)N(CC)CC. The Labute approximate surface area is 98.3 Å². The van der Waals surface area contributed by atoms with E-state index in [-0.39, 0.29) is 0 Å². The van der Waals surface area contributed by atoms with Gasteiger partial charge in [0.2, 0.25) is 0 Å². The van der Waals surface area contributed by atoms with Crippen molar-refractivity contribution in [3.05, 3.63) is 0 Å². The average Bonchev–Trinajstić information content (AvgIpc) is 2.27. The topological polar surface area (TPSA) is 3.24 Å². The Kier molecular flexibility index (Phi) is 6.77. The van der Waals surface area contributed by atoms with Gasteiger partial charge in [0.15, 0.2) is 0 Å². The fraction of sp³-hybridized carbons (Fsp3) is 1.00. The summed E-state index contributed by atoms with van der Waals surface area (Å²) in [6.45, 7) is 19.3. The number of nitrogens with zero attached hydrogens (tertiary/aromatic N) is 1. The van der Waals surface area contributed by atoms with Gasteiger partial charge in [-0.15, -0.1) is 0 Å². The van der Waals surface area contributed by atoms with Gasteiger partial charge in [-0.1, -0.05) is 60.9 Å². The molecule has 2 heteroatoms. The van der Waals surface area contributed by atoms with Gasteiger partial charge in [-0.25, -0.2) is 0 Å². The maximum atomic E-state index is 2.79. The summed E-state index contributed by atoms with van der Waals surface area (Å²) >= 11 is 0. The highest BCUT2D eigenvalue weighted by Gasteiger charge is 2.41. The second-order valence-electron chi connectivity index (χ2n) is 5.02. The third kappa shape index (κ3) is 3.07. The van der Waals surface area contributed by atoms with Gasteiger partial charge in [0.05, 0.1) is 0 Å². The van der Waals surface area contributed by atoms with E-state index in [1.54, 1.807) is 0 Å². The molecular weight excluding hydrogens is 198 g/mol. The monoisotopic (exact) mass is 229 g/mol. The van der Waals surface area contributed by atoms with Crippen molar-refractivity contribution in [2.75, 3.05) is 13.1 Å². The summed E-state index contributed by atoms with van der Waals surface area (Å²) in [5, 5.41) is 0. The van der Waals surface area contributed by atoms with Gasteiger partial charge >= 0.3 is 0 Å². The van der Waals surface area contributed by atoms with E-state index >= 15 is 0 Å². The fourth-order valence-electron chi connectivity index (χ4n) is 2.84. The summed E-state index contributed by atoms with van der Waals surface area (Å²) in [5.74, 6) is 0. The number of hydrogen-bond donors (Lipinski definition) is 0. The van der Waals surface area contributed by atoms with E-state index in [2.05, 4.69) is 52.7 Å². The zero-order chi connectivity index (χ0) is 12.1. The van der Waals surface area contributed by atoms with Crippen molar-refractivity contribution in [2.24, 2.45) is 0 Å². The summed E-state index contributed by atoms with van der Waals surface area (Å²) in [7, 11) is -1.25. The molecule has 0 fully saturated rings. The average molecular weight is 229 g/mol. The van der Waals surface area contributed by atoms with E-state index in [0.29, 0.717) is 0 Å². The van der Waals surface area contributed by atoms with Crippen molar-refractivity contribution in [1.82, 2.24) is 4.57 Å². The molecule has 0 aromatic rings. The first-order valence-corrected chi connectivity index (χ1v) is 9.33. The van der Waals surface area contributed by atoms with E-state index in [4.69, 9.17) is 0 Å². The lowest BCUT2D eigenvalue weighted by Gasteiger charge is -2.46. The fourth-order valence-corrected chi connectivity index (χ4v) is 8.07. The number of hydrogen-bond acceptors (Lipinski definition) is 1. The Morgan fingerprint density at radius 1 is 0.867 bits per heavy atom. The maximum Gasteiger partial charge on any atom is 0.130 e. The number of rotatable bonds is 7. The Morgan fingerprint density at radius 3 is 1.40 bits per heavy atom. The zero-order valence-electron chi connectivity index (χ0n) is 11.9. The maximum absolute atomic E-state index is 2.79. The summed E-state index contributed by atoms with van der Waals surface area (Å²) < 4.78 is 2.79. The zero-order valence-corrected chi connectivity index (χ0v) is 12.9. The van der Waals surface area contributed by atoms with Crippen LogP contribution in [0.25, 0.3) is 0 Å². The molecule has 0 rings (SSSR count). The molecule has 0 heterocycles. The van der Waals surface area contributed by atoms with Gasteiger partial charge < -0.3 is 4.57 Å². The third-order valence-electron chi connectivity index (χ3n) is 4.66. The molecule has 2 unspecified atom stereocenters. The van der Waals surface area contributed by atoms with Crippen molar-refractivity contribution in [1.29, 1.82) is 0 Å². The lowest BCUT2D eigenvalue weighted by molar-refractivity contribution is 0.433. The first kappa shape index (κ1) is 15.2. The molecule has 0 amide bonds. The molecule has 1 nitrogen and oxygen atoms in total. The Balaban J connectivity index is 4.98. The Bertz CT molecular complexity index is 156. The Morgan fingerprint density at radius 2 is 1.20 bits per heavy atom. The molecule has 2 atom stereocenters. The molecule has 0 N–H and O–H groups in total. The van der Waals surface area contributed by atoms with Crippen LogP contribution in [0.5, 0.6) is 0 Å². The minimum absolute atomic E-state index is 0.910. The van der Waals surface area contributed by atoms with Crippen LogP contribution in [0.3, 0.4) is 0 Å². The summed E-state index contributed by atoms with van der Waals surface area (Å²) in [6.07, 6.45) is 2.67. The van der Waals surface area contributed by atoms with Crippen LogP contribution in [0.2, 0.25) is 17.6 Å². The van der Waals surface area contributed by atoms with Crippen LogP contribution >= 0.6 is 0 Å². The highest BCUT2D eigenvalue weighted by atomic mass is 28.3. The molecule has 0 aliphatic carbocycles. The van der Waals surface area contributed by atoms with Crippen LogP contribution < -0.4 is 0 Å². The predicted octanol–water partition coefficient (Wildman–Crippen LogP) is 4.50. The molecule has 0 aromatic heterocycles. The molecule has 92 valence electrons. The van der Waals surface area contributed by atoms with Crippen LogP contribution in [-0.2, 0) is 0 Å². The van der Waals surface area contributed by atoms with Crippen molar-refractivity contribution in [3.8, 4) is 0 Å². The van der Waals surface area contributed by atoms with Gasteiger partial charge in [-0.05, 0) is 24.2 Å². The van der Waals surface area contributed by atoms with Crippen LogP contribution in [0, 0.1) is 0 Å². The Hall–Kier alpha value is 0.177. The van der Waals surface area contributed by atoms with Crippen molar-refractivity contribution in [3.63, 3.8) is 0 Å². The largest absolute Gasteiger partial charge is 0.324 e. The molecule has 15 heavy (non-hydrogen) atoms. The highest BCUT2D eigenvalue weighted by Crippen LogP contribution is 2.39. The minimum Gasteiger partial charge on any atom is -0.324 e. The van der Waals surface area contributed by atoms with Crippen LogP contribution in [0.15, 0.2) is 0 Å². The quantitative estimate of drug-likeness (QED) is 0.581. The summed E-state index contributed by atoms with van der Waals surface area (Å²) in [6, 6.07) is 0. The minimum atomic E-state index is -1.25. The van der Waals surface area contributed by atoms with Crippen LogP contribution in [-0.4, -0.2) is 25.9 Å². The van der Waals surface area contributed by atoms with Crippen LogP contribution in [0.4, 0.5) is 0 Å². The van der Waals surface area contributed by atoms with E-state index in [0.717, 1.165) is 11.1 Å². The molecule has 0 aliphatic rings. The van der Waals surface area contributed by atoms with Crippen LogP contribution in [0.1, 0.15) is 54.4 Å². The standard InChI is InChI=1S/C13H31NSi/c1-8-12(5)15(7,13(6)9-2)14(10-3)11-4/h12-13H,8-11H2,1-7H3. The third-order valence-corrected chi connectivity index (χ3v) is 11.5. The molecule has 0 aliphatic heterocycles. The van der Waals surface area contributed by atoms with Crippen molar-refractivity contribution >= 4 is 8.24 Å². The molecule has 0 aromatic carbocycles. The summed E-state index contributed by atoms with van der Waals surface area (Å²) in [5.41, 5.74) is 1.82. The van der Waals surface area contributed by atoms with Gasteiger partial charge in [0.1, 0.15) is 8.24 Å². The van der Waals surface area contributed by atoms with Gasteiger partial charge in [0, 0.05) is 0 Å². The normalized spacial score (nSPS) is 20.0. The predicted molar refractivity (Wildman–Crippen MR) is 74.0 cm³/mol. The second kappa shape index (κ2) is 6.69. The second-order valence-corrected chi connectivity index (χ2v) is 10.1. The molecule has 0 saturated carbocycles. The van der Waals surface area contributed by atoms with E-state index in [9.17, 15) is 0 Å². The van der Waals surface area contributed by atoms with Gasteiger partial charge in [-0.3, -0.25) is 0 Å². The molecule has 0 bridgehead atoms. The molecule has 0 saturated heterocycles. The first-order chi connectivity index (χ1) is 6.98. The smallest absolute Gasteiger partial charge is 0.130 e. The molecule has 0 spiro atoms. The lowest BCUT2D eigenvalue weighted by atomic mass is 10.3. The first-order valence-electron chi connectivity index (χ1n) is 6.73. The van der Waals surface area contributed by atoms with Crippen molar-refractivity contribution in [2.45, 2.75) is 72.0 Å². The lowest BCUT2D eigenvalue weighted by Crippen LogP contribution is -2.56. The van der Waals surface area contributed by atoms with E-state index in [1.165, 1.54) is 25.9 Å². The van der Waals surface area contributed by atoms with E-state index < -0.39 is 8.24 Å². The van der Waals surface area contributed by atoms with Gasteiger partial charge in [0.25, 0.3) is 0 Å². The molecule has 0 radical (unpaired) electrons. The molecular formula is C13H31NSi. The highest BCUT2D eigenvalue weighted by molar-refractivity contribution is 6.78.